The van der Waals surface area contributed by atoms with E-state index in [4.69, 9.17) is 9.47 Å². The Morgan fingerprint density at radius 2 is 1.91 bits per heavy atom. The van der Waals surface area contributed by atoms with Crippen LogP contribution in [0.3, 0.4) is 0 Å². The van der Waals surface area contributed by atoms with E-state index in [1.165, 1.54) is 18.2 Å². The third kappa shape index (κ3) is 5.77. The molecule has 7 heteroatoms. The molecule has 23 heavy (non-hydrogen) atoms. The van der Waals surface area contributed by atoms with Crippen LogP contribution in [-0.4, -0.2) is 46.9 Å². The number of hydrogen-bond donors (Lipinski definition) is 1. The zero-order chi connectivity index (χ0) is 17.6. The van der Waals surface area contributed by atoms with E-state index in [1.807, 2.05) is 0 Å². The van der Waals surface area contributed by atoms with Gasteiger partial charge in [0.05, 0.1) is 0 Å². The summed E-state index contributed by atoms with van der Waals surface area (Å²) >= 11 is 0. The van der Waals surface area contributed by atoms with Crippen molar-refractivity contribution in [2.24, 2.45) is 0 Å². The van der Waals surface area contributed by atoms with Crippen molar-refractivity contribution in [2.75, 3.05) is 13.2 Å². The minimum absolute atomic E-state index is 0.0704. The maximum absolute atomic E-state index is 13.5. The van der Waals surface area contributed by atoms with Crippen LogP contribution in [-0.2, 0) is 9.53 Å². The number of amides is 1. The van der Waals surface area contributed by atoms with Crippen molar-refractivity contribution < 1.29 is 28.6 Å². The van der Waals surface area contributed by atoms with Gasteiger partial charge in [-0.2, -0.15) is 0 Å². The third-order valence-electron chi connectivity index (χ3n) is 2.86. The topological polar surface area (TPSA) is 76.1 Å². The van der Waals surface area contributed by atoms with Gasteiger partial charge in [0.15, 0.2) is 17.6 Å². The first-order valence-electron chi connectivity index (χ1n) is 7.25. The normalized spacial score (nSPS) is 12.4. The van der Waals surface area contributed by atoms with Crippen LogP contribution < -0.4 is 4.74 Å². The van der Waals surface area contributed by atoms with Crippen LogP contribution in [0.1, 0.15) is 27.7 Å². The fraction of sp³-hybridized carbons (Fsp3) is 0.500. The van der Waals surface area contributed by atoms with Gasteiger partial charge in [0.1, 0.15) is 12.2 Å². The van der Waals surface area contributed by atoms with Crippen LogP contribution in [0.2, 0.25) is 0 Å². The molecule has 1 amide bonds. The van der Waals surface area contributed by atoms with Crippen molar-refractivity contribution in [2.45, 2.75) is 39.3 Å². The smallest absolute Gasteiger partial charge is 0.411 e. The minimum Gasteiger partial charge on any atom is -0.488 e. The summed E-state index contributed by atoms with van der Waals surface area (Å²) in [6.45, 7) is 6.41. The lowest BCUT2D eigenvalue weighted by atomic mass is 10.2. The summed E-state index contributed by atoms with van der Waals surface area (Å²) in [5.41, 5.74) is -0.750. The van der Waals surface area contributed by atoms with Gasteiger partial charge in [0, 0.05) is 6.54 Å². The summed E-state index contributed by atoms with van der Waals surface area (Å²) in [6, 6.07) is 4.37. The monoisotopic (exact) mass is 327 g/mol. The van der Waals surface area contributed by atoms with Gasteiger partial charge in [0.25, 0.3) is 0 Å². The number of nitrogens with zero attached hydrogens (tertiary/aromatic N) is 1. The van der Waals surface area contributed by atoms with Crippen LogP contribution in [0.15, 0.2) is 24.3 Å². The number of para-hydroxylation sites is 1. The lowest BCUT2D eigenvalue weighted by Crippen LogP contribution is -2.50. The van der Waals surface area contributed by atoms with Gasteiger partial charge in [-0.3, -0.25) is 4.90 Å². The summed E-state index contributed by atoms with van der Waals surface area (Å²) in [5.74, 6) is -1.93. The lowest BCUT2D eigenvalue weighted by molar-refractivity contribution is -0.144. The predicted octanol–water partition coefficient (Wildman–Crippen LogP) is 2.91. The molecule has 0 unspecified atom stereocenters. The molecule has 1 N–H and O–H groups in total. The van der Waals surface area contributed by atoms with Gasteiger partial charge in [0.2, 0.25) is 0 Å². The molecule has 1 rings (SSSR count). The highest BCUT2D eigenvalue weighted by Crippen LogP contribution is 2.17. The maximum atomic E-state index is 13.5. The molecule has 0 saturated heterocycles. The van der Waals surface area contributed by atoms with E-state index < -0.39 is 29.5 Å². The Balaban J connectivity index is 2.85. The van der Waals surface area contributed by atoms with E-state index >= 15 is 0 Å². The van der Waals surface area contributed by atoms with Gasteiger partial charge < -0.3 is 14.6 Å². The average molecular weight is 327 g/mol. The van der Waals surface area contributed by atoms with Crippen molar-refractivity contribution in [3.63, 3.8) is 0 Å². The predicted molar refractivity (Wildman–Crippen MR) is 81.9 cm³/mol. The van der Waals surface area contributed by atoms with E-state index in [-0.39, 0.29) is 18.9 Å². The second-order valence-electron chi connectivity index (χ2n) is 5.86. The van der Waals surface area contributed by atoms with Crippen molar-refractivity contribution in [1.82, 2.24) is 4.90 Å². The fourth-order valence-electron chi connectivity index (χ4n) is 1.82. The van der Waals surface area contributed by atoms with Crippen molar-refractivity contribution in [1.29, 1.82) is 0 Å². The fourth-order valence-corrected chi connectivity index (χ4v) is 1.82. The molecule has 0 aromatic heterocycles. The minimum atomic E-state index is -1.28. The second-order valence-corrected chi connectivity index (χ2v) is 5.86. The molecule has 0 aliphatic rings. The molecule has 6 nitrogen and oxygen atoms in total. The molecule has 0 bridgehead atoms. The molecule has 1 aromatic carbocycles. The van der Waals surface area contributed by atoms with Crippen molar-refractivity contribution >= 4 is 12.1 Å². The summed E-state index contributed by atoms with van der Waals surface area (Å²) in [6.07, 6.45) is -0.760. The molecule has 0 aliphatic carbocycles. The Kier molecular flexibility index (Phi) is 6.36. The summed E-state index contributed by atoms with van der Waals surface area (Å²) < 4.78 is 23.9. The average Bonchev–Trinajstić information content (AvgIpc) is 2.42. The van der Waals surface area contributed by atoms with E-state index in [9.17, 15) is 19.1 Å². The Hall–Kier alpha value is -2.31. The highest BCUT2D eigenvalue weighted by Gasteiger charge is 2.32. The third-order valence-corrected chi connectivity index (χ3v) is 2.86. The first-order chi connectivity index (χ1) is 10.7. The van der Waals surface area contributed by atoms with Gasteiger partial charge in [-0.25, -0.2) is 14.0 Å². The van der Waals surface area contributed by atoms with Crippen LogP contribution in [0.5, 0.6) is 5.75 Å². The number of aliphatic carboxylic acids is 1. The zero-order valence-electron chi connectivity index (χ0n) is 13.7. The van der Waals surface area contributed by atoms with E-state index in [1.54, 1.807) is 33.8 Å². The number of carbonyl (C=O) groups is 2. The van der Waals surface area contributed by atoms with Crippen molar-refractivity contribution in [3.05, 3.63) is 30.1 Å². The number of benzene rings is 1. The highest BCUT2D eigenvalue weighted by atomic mass is 19.1. The molecule has 0 aliphatic heterocycles. The van der Waals surface area contributed by atoms with Crippen LogP contribution in [0.4, 0.5) is 9.18 Å². The molecule has 1 atom stereocenters. The van der Waals surface area contributed by atoms with E-state index in [0.717, 1.165) is 4.90 Å². The molecule has 0 radical (unpaired) electrons. The molecular formula is C16H22FNO5. The molecule has 0 saturated carbocycles. The Morgan fingerprint density at radius 1 is 1.30 bits per heavy atom. The Bertz CT molecular complexity index is 556. The number of carboxylic acids is 1. The van der Waals surface area contributed by atoms with Gasteiger partial charge in [-0.15, -0.1) is 0 Å². The van der Waals surface area contributed by atoms with Gasteiger partial charge in [-0.1, -0.05) is 12.1 Å². The number of rotatable bonds is 6. The number of ether oxygens (including phenoxy) is 2. The largest absolute Gasteiger partial charge is 0.488 e. The summed E-state index contributed by atoms with van der Waals surface area (Å²) in [5, 5.41) is 9.35. The standard InChI is InChI=1S/C16H22FNO5/c1-5-18(15(21)23-16(2,3)4)12(14(19)20)10-22-13-9-7-6-8-11(13)17/h6-9,12H,5,10H2,1-4H3,(H,19,20)/t12-/m0/s1. The SMILES string of the molecule is CCN(C(=O)OC(C)(C)C)[C@@H](COc1ccccc1F)C(=O)O. The number of carbonyl (C=O) groups excluding carboxylic acids is 1. The maximum Gasteiger partial charge on any atom is 0.411 e. The van der Waals surface area contributed by atoms with Crippen LogP contribution in [0, 0.1) is 5.82 Å². The number of likely N-dealkylation sites (N-methyl/N-ethyl adjacent to an activating group) is 1. The number of hydrogen-bond acceptors (Lipinski definition) is 4. The van der Waals surface area contributed by atoms with E-state index in [2.05, 4.69) is 0 Å². The highest BCUT2D eigenvalue weighted by molar-refractivity contribution is 5.80. The van der Waals surface area contributed by atoms with Gasteiger partial charge in [-0.05, 0) is 39.8 Å². The summed E-state index contributed by atoms with van der Waals surface area (Å²) in [7, 11) is 0. The molecule has 128 valence electrons. The molecule has 0 fully saturated rings. The Morgan fingerprint density at radius 3 is 2.39 bits per heavy atom. The first kappa shape index (κ1) is 18.7. The lowest BCUT2D eigenvalue weighted by Gasteiger charge is -2.30. The first-order valence-corrected chi connectivity index (χ1v) is 7.25. The van der Waals surface area contributed by atoms with Crippen LogP contribution in [0.25, 0.3) is 0 Å². The molecular weight excluding hydrogens is 305 g/mol. The van der Waals surface area contributed by atoms with Crippen LogP contribution >= 0.6 is 0 Å². The Labute approximate surface area is 134 Å². The molecule has 0 spiro atoms. The quantitative estimate of drug-likeness (QED) is 0.869. The number of halogens is 1. The zero-order valence-corrected chi connectivity index (χ0v) is 13.7. The van der Waals surface area contributed by atoms with Gasteiger partial charge >= 0.3 is 12.1 Å². The number of carboxylic acid groups (broad SMARTS) is 1. The molecule has 0 heterocycles. The second kappa shape index (κ2) is 7.80. The molecule has 1 aromatic rings. The van der Waals surface area contributed by atoms with Crippen molar-refractivity contribution in [3.8, 4) is 5.75 Å². The van der Waals surface area contributed by atoms with E-state index in [0.29, 0.717) is 0 Å². The summed E-state index contributed by atoms with van der Waals surface area (Å²) in [4.78, 5) is 24.6.